The second-order valence-electron chi connectivity index (χ2n) is 4.97. The van der Waals surface area contributed by atoms with Gasteiger partial charge in [0, 0.05) is 5.56 Å². The van der Waals surface area contributed by atoms with Crippen LogP contribution in [-0.2, 0) is 16.3 Å². The molecule has 22 heavy (non-hydrogen) atoms. The molecule has 0 aliphatic rings. The van der Waals surface area contributed by atoms with E-state index in [1.165, 1.54) is 13.0 Å². The molecule has 0 saturated heterocycles. The van der Waals surface area contributed by atoms with Gasteiger partial charge >= 0.3 is 0 Å². The summed E-state index contributed by atoms with van der Waals surface area (Å²) in [6.07, 6.45) is 0.387. The lowest BCUT2D eigenvalue weighted by atomic mass is 10.1. The summed E-state index contributed by atoms with van der Waals surface area (Å²) in [6.45, 7) is 1.37. The molecule has 2 aromatic rings. The van der Waals surface area contributed by atoms with Crippen LogP contribution >= 0.6 is 0 Å². The number of carbonyl (C=O) groups excluding carboxylic acids is 1. The molecule has 0 bridgehead atoms. The van der Waals surface area contributed by atoms with Gasteiger partial charge in [-0.15, -0.1) is 0 Å². The zero-order chi connectivity index (χ0) is 16.2. The summed E-state index contributed by atoms with van der Waals surface area (Å²) in [4.78, 5) is 11.7. The molecule has 0 unspecified atom stereocenters. The number of hydrogen-bond acceptors (Lipinski definition) is 4. The highest BCUT2D eigenvalue weighted by atomic mass is 32.2. The van der Waals surface area contributed by atoms with Gasteiger partial charge in [0.15, 0.2) is 15.6 Å². The Morgan fingerprint density at radius 2 is 1.68 bits per heavy atom. The fraction of sp³-hybridized carbons (Fsp3) is 0.235. The fourth-order valence-corrected chi connectivity index (χ4v) is 3.74. The van der Waals surface area contributed by atoms with Crippen LogP contribution in [0.5, 0.6) is 5.75 Å². The predicted octanol–water partition coefficient (Wildman–Crippen LogP) is 2.91. The lowest BCUT2D eigenvalue weighted by Crippen LogP contribution is -2.13. The van der Waals surface area contributed by atoms with Gasteiger partial charge in [-0.3, -0.25) is 4.79 Å². The highest BCUT2D eigenvalue weighted by Crippen LogP contribution is 2.19. The number of ether oxygens (including phenoxy) is 1. The molecule has 0 aliphatic carbocycles. The molecule has 4 nitrogen and oxygen atoms in total. The first-order valence-electron chi connectivity index (χ1n) is 6.89. The van der Waals surface area contributed by atoms with Gasteiger partial charge in [0.05, 0.1) is 17.8 Å². The van der Waals surface area contributed by atoms with Gasteiger partial charge in [-0.05, 0) is 37.1 Å². The zero-order valence-corrected chi connectivity index (χ0v) is 13.4. The summed E-state index contributed by atoms with van der Waals surface area (Å²) in [5.74, 6) is 0.445. The average molecular weight is 318 g/mol. The summed E-state index contributed by atoms with van der Waals surface area (Å²) >= 11 is 0. The van der Waals surface area contributed by atoms with E-state index in [-0.39, 0.29) is 22.0 Å². The molecule has 0 N–H and O–H groups in total. The van der Waals surface area contributed by atoms with Gasteiger partial charge in [0.2, 0.25) is 0 Å². The third kappa shape index (κ3) is 3.74. The maximum Gasteiger partial charge on any atom is 0.179 e. The van der Waals surface area contributed by atoms with Crippen LogP contribution < -0.4 is 4.74 Å². The van der Waals surface area contributed by atoms with Crippen LogP contribution in [0.4, 0.5) is 0 Å². The number of carbonyl (C=O) groups is 1. The summed E-state index contributed by atoms with van der Waals surface area (Å²) in [5.41, 5.74) is 1.15. The van der Waals surface area contributed by atoms with Crippen LogP contribution in [0, 0.1) is 0 Å². The van der Waals surface area contributed by atoms with Crippen molar-refractivity contribution in [1.29, 1.82) is 0 Å². The maximum absolute atomic E-state index is 12.5. The largest absolute Gasteiger partial charge is 0.497 e. The Bertz CT molecular complexity index is 762. The minimum absolute atomic E-state index is 0.0381. The monoisotopic (exact) mass is 318 g/mol. The Labute approximate surface area is 130 Å². The van der Waals surface area contributed by atoms with E-state index in [9.17, 15) is 13.2 Å². The molecule has 2 aromatic carbocycles. The van der Waals surface area contributed by atoms with Gasteiger partial charge in [-0.2, -0.15) is 0 Å². The van der Waals surface area contributed by atoms with E-state index < -0.39 is 9.84 Å². The predicted molar refractivity (Wildman–Crippen MR) is 85.2 cm³/mol. The van der Waals surface area contributed by atoms with Gasteiger partial charge in [0.1, 0.15) is 5.75 Å². The number of Topliss-reactive ketones (excluding diaryl/α,β-unsaturated/α-hetero) is 1. The summed E-state index contributed by atoms with van der Waals surface area (Å²) in [7, 11) is -1.92. The van der Waals surface area contributed by atoms with Crippen molar-refractivity contribution in [3.8, 4) is 5.75 Å². The van der Waals surface area contributed by atoms with E-state index in [1.54, 1.807) is 37.4 Å². The van der Waals surface area contributed by atoms with Crippen LogP contribution in [0.2, 0.25) is 0 Å². The quantitative estimate of drug-likeness (QED) is 0.768. The molecule has 2 rings (SSSR count). The molecule has 0 atom stereocenters. The Hall–Kier alpha value is -2.14. The van der Waals surface area contributed by atoms with E-state index in [0.717, 1.165) is 11.3 Å². The number of ketones is 1. The van der Waals surface area contributed by atoms with Crippen molar-refractivity contribution < 1.29 is 17.9 Å². The van der Waals surface area contributed by atoms with Crippen LogP contribution in [0.1, 0.15) is 22.8 Å². The van der Waals surface area contributed by atoms with E-state index in [4.69, 9.17) is 4.74 Å². The second-order valence-corrected chi connectivity index (χ2v) is 7.05. The Morgan fingerprint density at radius 3 is 2.27 bits per heavy atom. The van der Waals surface area contributed by atoms with E-state index in [0.29, 0.717) is 6.42 Å². The van der Waals surface area contributed by atoms with Crippen molar-refractivity contribution in [3.05, 3.63) is 59.7 Å². The molecular formula is C17H18O4S. The highest BCUT2D eigenvalue weighted by molar-refractivity contribution is 7.91. The number of benzene rings is 2. The van der Waals surface area contributed by atoms with Crippen molar-refractivity contribution in [2.45, 2.75) is 18.2 Å². The first-order chi connectivity index (χ1) is 10.4. The molecule has 0 spiro atoms. The van der Waals surface area contributed by atoms with Crippen molar-refractivity contribution >= 4 is 15.6 Å². The third-order valence-electron chi connectivity index (χ3n) is 3.42. The van der Waals surface area contributed by atoms with Gasteiger partial charge < -0.3 is 4.74 Å². The Morgan fingerprint density at radius 1 is 1.05 bits per heavy atom. The number of sulfone groups is 1. The fourth-order valence-electron chi connectivity index (χ4n) is 2.18. The normalized spacial score (nSPS) is 11.2. The van der Waals surface area contributed by atoms with Gasteiger partial charge in [-0.1, -0.05) is 30.3 Å². The molecule has 116 valence electrons. The van der Waals surface area contributed by atoms with Crippen LogP contribution in [-0.4, -0.2) is 27.1 Å². The Balaban J connectivity index is 2.19. The van der Waals surface area contributed by atoms with E-state index in [2.05, 4.69) is 0 Å². The van der Waals surface area contributed by atoms with E-state index in [1.807, 2.05) is 12.1 Å². The molecule has 0 amide bonds. The smallest absolute Gasteiger partial charge is 0.179 e. The molecule has 0 saturated carbocycles. The molecule has 0 radical (unpaired) electrons. The second kappa shape index (κ2) is 6.75. The molecular weight excluding hydrogens is 300 g/mol. The number of aryl methyl sites for hydroxylation is 1. The molecule has 0 heterocycles. The van der Waals surface area contributed by atoms with Crippen LogP contribution in [0.25, 0.3) is 0 Å². The van der Waals surface area contributed by atoms with Gasteiger partial charge in [-0.25, -0.2) is 8.42 Å². The first-order valence-corrected chi connectivity index (χ1v) is 8.55. The lowest BCUT2D eigenvalue weighted by molar-refractivity contribution is 0.101. The van der Waals surface area contributed by atoms with Crippen LogP contribution in [0.15, 0.2) is 53.4 Å². The number of hydrogen-bond donors (Lipinski definition) is 0. The van der Waals surface area contributed by atoms with Crippen molar-refractivity contribution in [2.75, 3.05) is 12.9 Å². The molecule has 0 fully saturated rings. The van der Waals surface area contributed by atoms with E-state index >= 15 is 0 Å². The number of methoxy groups -OCH3 is 1. The summed E-state index contributed by atoms with van der Waals surface area (Å²) in [6, 6.07) is 13.6. The minimum Gasteiger partial charge on any atom is -0.497 e. The standard InChI is InChI=1S/C17H18O4S/c1-13(18)16-5-3-4-6-17(16)22(19,20)12-11-14-7-9-15(21-2)10-8-14/h3-10H,11-12H2,1-2H3. The minimum atomic E-state index is -3.50. The van der Waals surface area contributed by atoms with Crippen molar-refractivity contribution in [1.82, 2.24) is 0 Å². The number of rotatable bonds is 6. The summed E-state index contributed by atoms with van der Waals surface area (Å²) < 4.78 is 30.0. The third-order valence-corrected chi connectivity index (χ3v) is 5.19. The molecule has 0 aromatic heterocycles. The zero-order valence-electron chi connectivity index (χ0n) is 12.6. The molecule has 5 heteroatoms. The SMILES string of the molecule is COc1ccc(CCS(=O)(=O)c2ccccc2C(C)=O)cc1. The lowest BCUT2D eigenvalue weighted by Gasteiger charge is -2.09. The van der Waals surface area contributed by atoms with Crippen molar-refractivity contribution in [2.24, 2.45) is 0 Å². The van der Waals surface area contributed by atoms with Gasteiger partial charge in [0.25, 0.3) is 0 Å². The molecule has 0 aliphatic heterocycles. The first kappa shape index (κ1) is 16.2. The van der Waals surface area contributed by atoms with Crippen molar-refractivity contribution in [3.63, 3.8) is 0 Å². The maximum atomic E-state index is 12.5. The topological polar surface area (TPSA) is 60.4 Å². The average Bonchev–Trinajstić information content (AvgIpc) is 2.53. The van der Waals surface area contributed by atoms with Crippen LogP contribution in [0.3, 0.4) is 0 Å². The Kier molecular flexibility index (Phi) is 4.98. The summed E-state index contributed by atoms with van der Waals surface area (Å²) in [5, 5.41) is 0. The highest BCUT2D eigenvalue weighted by Gasteiger charge is 2.20.